The first-order valence-corrected chi connectivity index (χ1v) is 6.59. The van der Waals surface area contributed by atoms with Crippen LogP contribution in [-0.2, 0) is 9.53 Å². The minimum Gasteiger partial charge on any atom is -0.452 e. The van der Waals surface area contributed by atoms with Gasteiger partial charge in [0.25, 0.3) is 5.91 Å². The van der Waals surface area contributed by atoms with E-state index in [9.17, 15) is 9.59 Å². The summed E-state index contributed by atoms with van der Waals surface area (Å²) >= 11 is 1.02. The highest BCUT2D eigenvalue weighted by molar-refractivity contribution is 7.10. The van der Waals surface area contributed by atoms with Gasteiger partial charge in [0.1, 0.15) is 10.6 Å². The Morgan fingerprint density at radius 2 is 2.05 bits per heavy atom. The number of carbonyl (C=O) groups excluding carboxylic acids is 2. The van der Waals surface area contributed by atoms with Crippen molar-refractivity contribution in [1.29, 1.82) is 0 Å². The molecule has 0 aliphatic rings. The van der Waals surface area contributed by atoms with E-state index < -0.39 is 11.9 Å². The van der Waals surface area contributed by atoms with Crippen LogP contribution >= 0.6 is 11.5 Å². The molecule has 1 aromatic heterocycles. The third-order valence-corrected chi connectivity index (χ3v) is 3.25. The molecule has 6 nitrogen and oxygen atoms in total. The van der Waals surface area contributed by atoms with Crippen molar-refractivity contribution in [3.8, 4) is 0 Å². The number of aromatic nitrogens is 1. The number of anilines is 2. The second-order valence-electron chi connectivity index (χ2n) is 4.00. The number of ether oxygens (including phenoxy) is 1. The summed E-state index contributed by atoms with van der Waals surface area (Å²) in [4.78, 5) is 23.4. The monoisotopic (exact) mass is 291 g/mol. The summed E-state index contributed by atoms with van der Waals surface area (Å²) in [6.07, 6.45) is 0. The fourth-order valence-corrected chi connectivity index (χ4v) is 2.21. The molecule has 1 amide bonds. The first kappa shape index (κ1) is 14.0. The van der Waals surface area contributed by atoms with E-state index in [0.717, 1.165) is 11.5 Å². The van der Waals surface area contributed by atoms with Crippen LogP contribution in [0.3, 0.4) is 0 Å². The average molecular weight is 291 g/mol. The number of amides is 1. The number of nitrogens with zero attached hydrogens (tertiary/aromatic N) is 1. The molecule has 0 bridgehead atoms. The summed E-state index contributed by atoms with van der Waals surface area (Å²) in [5.41, 5.74) is 6.99. The Kier molecular flexibility index (Phi) is 4.31. The second kappa shape index (κ2) is 6.16. The number of nitrogen functional groups attached to an aromatic ring is 1. The van der Waals surface area contributed by atoms with E-state index in [1.807, 2.05) is 6.07 Å². The van der Waals surface area contributed by atoms with Gasteiger partial charge >= 0.3 is 5.97 Å². The number of para-hydroxylation sites is 1. The number of rotatable bonds is 4. The van der Waals surface area contributed by atoms with Crippen molar-refractivity contribution in [2.45, 2.75) is 6.92 Å². The van der Waals surface area contributed by atoms with Crippen molar-refractivity contribution < 1.29 is 14.3 Å². The highest BCUT2D eigenvalue weighted by Gasteiger charge is 2.18. The molecule has 0 spiro atoms. The van der Waals surface area contributed by atoms with Gasteiger partial charge in [-0.25, -0.2) is 4.79 Å². The van der Waals surface area contributed by atoms with Crippen LogP contribution in [0.2, 0.25) is 0 Å². The van der Waals surface area contributed by atoms with Crippen molar-refractivity contribution >= 4 is 34.1 Å². The summed E-state index contributed by atoms with van der Waals surface area (Å²) in [7, 11) is 0. The number of benzene rings is 1. The van der Waals surface area contributed by atoms with Gasteiger partial charge in [-0.15, -0.1) is 0 Å². The van der Waals surface area contributed by atoms with Gasteiger partial charge in [-0.3, -0.25) is 4.79 Å². The average Bonchev–Trinajstić information content (AvgIpc) is 2.77. The van der Waals surface area contributed by atoms with Gasteiger partial charge in [0, 0.05) is 5.69 Å². The summed E-state index contributed by atoms with van der Waals surface area (Å²) in [6, 6.07) is 8.91. The summed E-state index contributed by atoms with van der Waals surface area (Å²) in [6.45, 7) is 1.29. The minimum atomic E-state index is -0.642. The number of carbonyl (C=O) groups is 2. The van der Waals surface area contributed by atoms with E-state index in [2.05, 4.69) is 9.69 Å². The lowest BCUT2D eigenvalue weighted by atomic mass is 10.2. The maximum absolute atomic E-state index is 11.8. The van der Waals surface area contributed by atoms with Crippen LogP contribution in [0.5, 0.6) is 0 Å². The summed E-state index contributed by atoms with van der Waals surface area (Å²) < 4.78 is 8.87. The maximum Gasteiger partial charge on any atom is 0.343 e. The van der Waals surface area contributed by atoms with Crippen LogP contribution in [0.4, 0.5) is 10.7 Å². The van der Waals surface area contributed by atoms with Gasteiger partial charge in [-0.05, 0) is 30.6 Å². The van der Waals surface area contributed by atoms with E-state index >= 15 is 0 Å². The number of hydrogen-bond donors (Lipinski definition) is 2. The molecule has 20 heavy (non-hydrogen) atoms. The van der Waals surface area contributed by atoms with Crippen molar-refractivity contribution in [3.05, 3.63) is 41.6 Å². The van der Waals surface area contributed by atoms with Crippen LogP contribution in [-0.4, -0.2) is 22.9 Å². The first-order valence-electron chi connectivity index (χ1n) is 5.81. The number of nitrogens with two attached hydrogens (primary N) is 1. The molecule has 0 fully saturated rings. The van der Waals surface area contributed by atoms with Crippen LogP contribution in [0.1, 0.15) is 16.1 Å². The molecule has 0 atom stereocenters. The second-order valence-corrected chi connectivity index (χ2v) is 4.80. The molecule has 0 saturated carbocycles. The smallest absolute Gasteiger partial charge is 0.343 e. The van der Waals surface area contributed by atoms with Crippen LogP contribution in [0.15, 0.2) is 30.3 Å². The fourth-order valence-electron chi connectivity index (χ4n) is 1.56. The molecule has 1 heterocycles. The predicted octanol–water partition coefficient (Wildman–Crippen LogP) is 1.83. The Hall–Kier alpha value is -2.41. The zero-order valence-electron chi connectivity index (χ0n) is 10.8. The summed E-state index contributed by atoms with van der Waals surface area (Å²) in [5.74, 6) is -1.05. The quantitative estimate of drug-likeness (QED) is 0.838. The zero-order valence-corrected chi connectivity index (χ0v) is 11.6. The molecule has 2 aromatic rings. The molecule has 104 valence electrons. The Morgan fingerprint density at radius 3 is 2.65 bits per heavy atom. The number of nitrogens with one attached hydrogen (secondary N) is 1. The highest BCUT2D eigenvalue weighted by Crippen LogP contribution is 2.21. The Bertz CT molecular complexity index is 606. The zero-order chi connectivity index (χ0) is 14.5. The molecule has 0 aliphatic heterocycles. The number of esters is 1. The van der Waals surface area contributed by atoms with E-state index in [-0.39, 0.29) is 17.2 Å². The molecule has 7 heteroatoms. The highest BCUT2D eigenvalue weighted by atomic mass is 32.1. The van der Waals surface area contributed by atoms with E-state index in [0.29, 0.717) is 11.4 Å². The molecule has 0 aliphatic carbocycles. The molecule has 0 unspecified atom stereocenters. The van der Waals surface area contributed by atoms with Crippen molar-refractivity contribution in [2.75, 3.05) is 17.7 Å². The lowest BCUT2D eigenvalue weighted by molar-refractivity contribution is -0.119. The Balaban J connectivity index is 1.89. The molecular weight excluding hydrogens is 278 g/mol. The van der Waals surface area contributed by atoms with Crippen LogP contribution in [0, 0.1) is 6.92 Å². The van der Waals surface area contributed by atoms with E-state index in [1.165, 1.54) is 0 Å². The number of aryl methyl sites for hydroxylation is 1. The molecule has 1 aromatic carbocycles. The molecule has 0 radical (unpaired) electrons. The van der Waals surface area contributed by atoms with Gasteiger partial charge in [-0.1, -0.05) is 18.2 Å². The largest absolute Gasteiger partial charge is 0.452 e. The van der Waals surface area contributed by atoms with E-state index in [4.69, 9.17) is 10.5 Å². The molecule has 2 rings (SSSR count). The Morgan fingerprint density at radius 1 is 1.35 bits per heavy atom. The Labute approximate surface area is 119 Å². The molecule has 0 saturated heterocycles. The third-order valence-electron chi connectivity index (χ3n) is 2.49. The van der Waals surface area contributed by atoms with Crippen LogP contribution in [0.25, 0.3) is 0 Å². The van der Waals surface area contributed by atoms with Gasteiger partial charge in [0.2, 0.25) is 0 Å². The van der Waals surface area contributed by atoms with Gasteiger partial charge in [0.15, 0.2) is 6.61 Å². The first-order chi connectivity index (χ1) is 9.58. The lowest BCUT2D eigenvalue weighted by Gasteiger charge is -2.06. The topological polar surface area (TPSA) is 94.3 Å². The standard InChI is InChI=1S/C13H13N3O3S/c1-8-11(12(14)20-16-8)13(18)19-7-10(17)15-9-5-3-2-4-6-9/h2-6H,7,14H2,1H3,(H,15,17). The predicted molar refractivity (Wildman–Crippen MR) is 76.6 cm³/mol. The van der Waals surface area contributed by atoms with Gasteiger partial charge in [0.05, 0.1) is 5.69 Å². The third kappa shape index (κ3) is 3.33. The van der Waals surface area contributed by atoms with Gasteiger partial charge < -0.3 is 15.8 Å². The van der Waals surface area contributed by atoms with Crippen molar-refractivity contribution in [3.63, 3.8) is 0 Å². The molecule has 3 N–H and O–H groups in total. The number of hydrogen-bond acceptors (Lipinski definition) is 6. The fraction of sp³-hybridized carbons (Fsp3) is 0.154. The lowest BCUT2D eigenvalue weighted by Crippen LogP contribution is -2.21. The van der Waals surface area contributed by atoms with Crippen LogP contribution < -0.4 is 11.1 Å². The normalized spacial score (nSPS) is 10.1. The van der Waals surface area contributed by atoms with Gasteiger partial charge in [-0.2, -0.15) is 4.37 Å². The minimum absolute atomic E-state index is 0.225. The van der Waals surface area contributed by atoms with Crippen molar-refractivity contribution in [1.82, 2.24) is 4.37 Å². The maximum atomic E-state index is 11.8. The molecular formula is C13H13N3O3S. The summed E-state index contributed by atoms with van der Waals surface area (Å²) in [5, 5.41) is 2.90. The SMILES string of the molecule is Cc1nsc(N)c1C(=O)OCC(=O)Nc1ccccc1. The van der Waals surface area contributed by atoms with Crippen molar-refractivity contribution in [2.24, 2.45) is 0 Å². The van der Waals surface area contributed by atoms with E-state index in [1.54, 1.807) is 31.2 Å².